The summed E-state index contributed by atoms with van der Waals surface area (Å²) in [7, 11) is 0. The molecule has 0 radical (unpaired) electrons. The number of aromatic nitrogens is 1. The average Bonchev–Trinajstić information content (AvgIpc) is 2.95. The summed E-state index contributed by atoms with van der Waals surface area (Å²) >= 11 is 1.98. The summed E-state index contributed by atoms with van der Waals surface area (Å²) in [6.07, 6.45) is 18.5. The Morgan fingerprint density at radius 1 is 0.667 bits per heavy atom. The van der Waals surface area contributed by atoms with Crippen LogP contribution in [0.25, 0.3) is 10.2 Å². The Kier molecular flexibility index (Phi) is 5.07. The van der Waals surface area contributed by atoms with Crippen molar-refractivity contribution in [2.45, 2.75) is 89.9 Å². The van der Waals surface area contributed by atoms with Crippen molar-refractivity contribution >= 4 is 27.2 Å². The lowest BCUT2D eigenvalue weighted by atomic mass is 9.92. The number of pyridine rings is 1. The molecule has 0 amide bonds. The molecule has 0 atom stereocenters. The zero-order valence-corrected chi connectivity index (χ0v) is 15.7. The molecule has 2 aromatic rings. The van der Waals surface area contributed by atoms with Crippen LogP contribution < -0.4 is 10.7 Å². The molecule has 0 aliphatic heterocycles. The highest BCUT2D eigenvalue weighted by atomic mass is 32.1. The monoisotopic (exact) mass is 343 g/mol. The first-order valence-corrected chi connectivity index (χ1v) is 10.9. The van der Waals surface area contributed by atoms with E-state index in [-0.39, 0.29) is 0 Å². The molecule has 24 heavy (non-hydrogen) atoms. The van der Waals surface area contributed by atoms with Crippen LogP contribution >= 0.6 is 11.3 Å². The first-order chi connectivity index (χ1) is 11.8. The summed E-state index contributed by atoms with van der Waals surface area (Å²) in [6, 6.07) is 0. The van der Waals surface area contributed by atoms with Crippen molar-refractivity contribution in [1.29, 1.82) is 0 Å². The summed E-state index contributed by atoms with van der Waals surface area (Å²) in [5.74, 6) is 0. The molecular weight excluding hydrogens is 312 g/mol. The second kappa shape index (κ2) is 7.43. The first kappa shape index (κ1) is 16.4. The quantitative estimate of drug-likeness (QED) is 0.684. The van der Waals surface area contributed by atoms with Gasteiger partial charge in [0.1, 0.15) is 0 Å². The number of rotatable bonds is 0. The van der Waals surface area contributed by atoms with Crippen molar-refractivity contribution < 1.29 is 4.98 Å². The Morgan fingerprint density at radius 3 is 2.04 bits per heavy atom. The molecular formula is C21H31N2S+. The van der Waals surface area contributed by atoms with Crippen LogP contribution in [0.15, 0.2) is 0 Å². The largest absolute Gasteiger partial charge is 0.398 e. The molecule has 3 N–H and O–H groups in total. The molecule has 2 aliphatic carbocycles. The van der Waals surface area contributed by atoms with Gasteiger partial charge in [0.2, 0.25) is 0 Å². The number of nitrogen functional groups attached to an aromatic ring is 1. The third-order valence-corrected chi connectivity index (χ3v) is 7.21. The highest BCUT2D eigenvalue weighted by Gasteiger charge is 2.26. The van der Waals surface area contributed by atoms with Gasteiger partial charge in [-0.15, -0.1) is 0 Å². The van der Waals surface area contributed by atoms with Crippen LogP contribution in [0.1, 0.15) is 85.9 Å². The van der Waals surface area contributed by atoms with E-state index in [9.17, 15) is 0 Å². The number of anilines is 1. The fourth-order valence-corrected chi connectivity index (χ4v) is 5.96. The smallest absolute Gasteiger partial charge is 0.270 e. The second-order valence-electron chi connectivity index (χ2n) is 7.74. The SMILES string of the molecule is Nc1c2c([nH+]c3sc4c(c13)CCCC4)CCCCCCCCCC2. The predicted octanol–water partition coefficient (Wildman–Crippen LogP) is 5.40. The molecule has 0 aromatic carbocycles. The number of hydrogen-bond acceptors (Lipinski definition) is 2. The molecule has 130 valence electrons. The number of fused-ring (bicyclic) bond motifs is 4. The number of thiophene rings is 1. The number of nitrogens with one attached hydrogen (secondary N) is 1. The molecule has 0 saturated carbocycles. The van der Waals surface area contributed by atoms with Crippen molar-refractivity contribution in [3.63, 3.8) is 0 Å². The Labute approximate surface area is 149 Å². The molecule has 0 fully saturated rings. The van der Waals surface area contributed by atoms with E-state index in [0.29, 0.717) is 0 Å². The van der Waals surface area contributed by atoms with Crippen LogP contribution in [-0.2, 0) is 25.7 Å². The van der Waals surface area contributed by atoms with Crippen LogP contribution in [-0.4, -0.2) is 0 Å². The van der Waals surface area contributed by atoms with E-state index in [1.165, 1.54) is 105 Å². The van der Waals surface area contributed by atoms with Gasteiger partial charge in [-0.2, -0.15) is 4.98 Å². The average molecular weight is 344 g/mol. The van der Waals surface area contributed by atoms with Crippen molar-refractivity contribution in [3.05, 3.63) is 21.7 Å². The molecule has 0 saturated heterocycles. The molecule has 0 bridgehead atoms. The van der Waals surface area contributed by atoms with Gasteiger partial charge in [-0.3, -0.25) is 0 Å². The zero-order valence-electron chi connectivity index (χ0n) is 14.9. The van der Waals surface area contributed by atoms with Gasteiger partial charge in [0.05, 0.1) is 11.1 Å². The van der Waals surface area contributed by atoms with Gasteiger partial charge in [-0.25, -0.2) is 0 Å². The van der Waals surface area contributed by atoms with Gasteiger partial charge in [-0.1, -0.05) is 49.9 Å². The normalized spacial score (nSPS) is 20.0. The Bertz CT molecular complexity index is 716. The van der Waals surface area contributed by atoms with Gasteiger partial charge in [-0.05, 0) is 50.5 Å². The number of aromatic amines is 1. The lowest BCUT2D eigenvalue weighted by Crippen LogP contribution is -2.18. The third kappa shape index (κ3) is 3.20. The highest BCUT2D eigenvalue weighted by Crippen LogP contribution is 2.39. The Hall–Kier alpha value is -1.09. The first-order valence-electron chi connectivity index (χ1n) is 10.1. The number of nitrogens with two attached hydrogens (primary N) is 1. The van der Waals surface area contributed by atoms with Crippen molar-refractivity contribution in [2.24, 2.45) is 0 Å². The van der Waals surface area contributed by atoms with Crippen LogP contribution in [0.5, 0.6) is 0 Å². The number of aryl methyl sites for hydroxylation is 3. The Balaban J connectivity index is 1.75. The molecule has 2 aliphatic rings. The second-order valence-corrected chi connectivity index (χ2v) is 8.84. The van der Waals surface area contributed by atoms with E-state index >= 15 is 0 Å². The summed E-state index contributed by atoms with van der Waals surface area (Å²) < 4.78 is 0. The highest BCUT2D eigenvalue weighted by molar-refractivity contribution is 7.18. The van der Waals surface area contributed by atoms with Crippen LogP contribution in [0, 0.1) is 0 Å². The topological polar surface area (TPSA) is 40.2 Å². The molecule has 0 spiro atoms. The van der Waals surface area contributed by atoms with Gasteiger partial charge in [0, 0.05) is 16.9 Å². The van der Waals surface area contributed by atoms with Gasteiger partial charge < -0.3 is 5.73 Å². The fourth-order valence-electron chi connectivity index (χ4n) is 4.63. The summed E-state index contributed by atoms with van der Waals surface area (Å²) in [4.78, 5) is 6.79. The standard InChI is InChI=1S/C21H30N2S/c22-20-15-11-7-5-3-1-2-4-6-8-13-17(15)23-21-19(20)16-12-9-10-14-18(16)24-21/h1-14H2,(H2,22,23)/p+1. The maximum Gasteiger partial charge on any atom is 0.270 e. The van der Waals surface area contributed by atoms with Crippen LogP contribution in [0.4, 0.5) is 5.69 Å². The number of H-pyrrole nitrogens is 1. The van der Waals surface area contributed by atoms with Crippen molar-refractivity contribution in [2.75, 3.05) is 5.73 Å². The maximum absolute atomic E-state index is 6.78. The van der Waals surface area contributed by atoms with Gasteiger partial charge >= 0.3 is 0 Å². The summed E-state index contributed by atoms with van der Waals surface area (Å²) in [5.41, 5.74) is 12.4. The maximum atomic E-state index is 6.78. The lowest BCUT2D eigenvalue weighted by molar-refractivity contribution is -0.355. The van der Waals surface area contributed by atoms with Crippen molar-refractivity contribution in [3.8, 4) is 0 Å². The van der Waals surface area contributed by atoms with Crippen LogP contribution in [0.3, 0.4) is 0 Å². The van der Waals surface area contributed by atoms with E-state index in [1.54, 1.807) is 10.4 Å². The lowest BCUT2D eigenvalue weighted by Gasteiger charge is -2.13. The van der Waals surface area contributed by atoms with E-state index in [4.69, 9.17) is 5.73 Å². The molecule has 3 heteroatoms. The summed E-state index contributed by atoms with van der Waals surface area (Å²) in [5, 5.41) is 1.39. The molecule has 4 rings (SSSR count). The molecule has 2 heterocycles. The minimum atomic E-state index is 1.12. The van der Waals surface area contributed by atoms with Gasteiger partial charge in [0.15, 0.2) is 5.69 Å². The molecule has 2 aromatic heterocycles. The third-order valence-electron chi connectivity index (χ3n) is 6.00. The predicted molar refractivity (Wildman–Crippen MR) is 104 cm³/mol. The fraction of sp³-hybridized carbons (Fsp3) is 0.667. The van der Waals surface area contributed by atoms with E-state index in [0.717, 1.165) is 12.1 Å². The van der Waals surface area contributed by atoms with E-state index in [1.807, 2.05) is 11.3 Å². The Morgan fingerprint density at radius 2 is 1.25 bits per heavy atom. The zero-order chi connectivity index (χ0) is 16.4. The number of hydrogen-bond donors (Lipinski definition) is 1. The summed E-state index contributed by atoms with van der Waals surface area (Å²) in [6.45, 7) is 0. The van der Waals surface area contributed by atoms with Gasteiger partial charge in [0.25, 0.3) is 4.83 Å². The molecule has 0 unspecified atom stereocenters. The van der Waals surface area contributed by atoms with E-state index in [2.05, 4.69) is 4.98 Å². The van der Waals surface area contributed by atoms with E-state index < -0.39 is 0 Å². The van der Waals surface area contributed by atoms with Crippen molar-refractivity contribution in [1.82, 2.24) is 0 Å². The minimum absolute atomic E-state index is 1.12. The molecule has 2 nitrogen and oxygen atoms in total. The minimum Gasteiger partial charge on any atom is -0.398 e. The van der Waals surface area contributed by atoms with Crippen LogP contribution in [0.2, 0.25) is 0 Å².